The third kappa shape index (κ3) is 4.49. The Morgan fingerprint density at radius 3 is 2.43 bits per heavy atom. The molecule has 0 heterocycles. The van der Waals surface area contributed by atoms with Gasteiger partial charge in [0.15, 0.2) is 7.38 Å². The summed E-state index contributed by atoms with van der Waals surface area (Å²) in [6, 6.07) is 9.56. The van der Waals surface area contributed by atoms with Crippen molar-refractivity contribution >= 4 is 30.1 Å². The van der Waals surface area contributed by atoms with Crippen molar-refractivity contribution in [3.63, 3.8) is 0 Å². The fourth-order valence-electron chi connectivity index (χ4n) is 1.31. The van der Waals surface area contributed by atoms with Crippen LogP contribution >= 0.6 is 22.7 Å². The van der Waals surface area contributed by atoms with Crippen molar-refractivity contribution in [2.45, 2.75) is 31.4 Å². The Balaban J connectivity index is 2.59. The van der Waals surface area contributed by atoms with E-state index < -0.39 is 7.38 Å². The molecule has 0 atom stereocenters. The van der Waals surface area contributed by atoms with Crippen LogP contribution in [0.1, 0.15) is 11.1 Å². The van der Waals surface area contributed by atoms with Crippen LogP contribution in [0.4, 0.5) is 0 Å². The number of alkyl halides is 1. The smallest absolute Gasteiger partial charge is 0.150 e. The van der Waals surface area contributed by atoms with Crippen molar-refractivity contribution in [1.29, 1.82) is 0 Å². The van der Waals surface area contributed by atoms with Crippen LogP contribution in [0.3, 0.4) is 0 Å². The predicted molar refractivity (Wildman–Crippen MR) is 67.8 cm³/mol. The third-order valence-corrected chi connectivity index (χ3v) is 4.47. The zero-order valence-electron chi connectivity index (χ0n) is 8.69. The predicted octanol–water partition coefficient (Wildman–Crippen LogP) is 4.41. The molecule has 0 saturated carbocycles. The van der Waals surface area contributed by atoms with E-state index in [1.807, 2.05) is 0 Å². The van der Waals surface area contributed by atoms with Gasteiger partial charge in [-0.1, -0.05) is 37.4 Å². The van der Waals surface area contributed by atoms with Gasteiger partial charge in [0.2, 0.25) is 0 Å². The molecule has 0 N–H and O–H groups in total. The molecule has 0 unspecified atom stereocenters. The molecule has 3 heteroatoms. The first-order chi connectivity index (χ1) is 6.51. The minimum Gasteiger partial charge on any atom is -0.168 e. The maximum Gasteiger partial charge on any atom is 0.150 e. The summed E-state index contributed by atoms with van der Waals surface area (Å²) in [6.45, 7) is 4.36. The molecule has 0 radical (unpaired) electrons. The van der Waals surface area contributed by atoms with Crippen LogP contribution in [0.2, 0.25) is 19.1 Å². The normalized spacial score (nSPS) is 11.7. The van der Waals surface area contributed by atoms with Crippen LogP contribution in [0.25, 0.3) is 0 Å². The summed E-state index contributed by atoms with van der Waals surface area (Å²) in [5.41, 5.74) is 2.54. The molecule has 14 heavy (non-hydrogen) atoms. The van der Waals surface area contributed by atoms with Crippen LogP contribution in [0, 0.1) is 0 Å². The summed E-state index contributed by atoms with van der Waals surface area (Å²) in [4.78, 5) is 0. The lowest BCUT2D eigenvalue weighted by atomic mass is 10.1. The highest BCUT2D eigenvalue weighted by molar-refractivity contribution is 7.19. The van der Waals surface area contributed by atoms with Gasteiger partial charge >= 0.3 is 0 Å². The molecular weight excluding hydrogens is 231 g/mol. The van der Waals surface area contributed by atoms with Gasteiger partial charge in [-0.2, -0.15) is 11.1 Å². The second-order valence-corrected chi connectivity index (χ2v) is 11.4. The second kappa shape index (κ2) is 5.20. The summed E-state index contributed by atoms with van der Waals surface area (Å²) in [5.74, 6) is 0.593. The zero-order valence-corrected chi connectivity index (χ0v) is 11.2. The summed E-state index contributed by atoms with van der Waals surface area (Å²) < 4.78 is 0. The van der Waals surface area contributed by atoms with Gasteiger partial charge in [0.1, 0.15) is 0 Å². The van der Waals surface area contributed by atoms with E-state index in [1.165, 1.54) is 11.1 Å². The molecule has 0 saturated heterocycles. The molecule has 1 aromatic carbocycles. The van der Waals surface area contributed by atoms with Crippen LogP contribution < -0.4 is 0 Å². The Labute approximate surface area is 96.9 Å². The Morgan fingerprint density at radius 2 is 1.86 bits per heavy atom. The topological polar surface area (TPSA) is 0 Å². The molecule has 1 aromatic rings. The summed E-state index contributed by atoms with van der Waals surface area (Å²) in [5, 5.41) is 0. The van der Waals surface area contributed by atoms with Crippen molar-refractivity contribution in [2.75, 3.05) is 0 Å². The van der Waals surface area contributed by atoms with Crippen LogP contribution in [-0.4, -0.2) is 7.38 Å². The molecule has 0 bridgehead atoms. The largest absolute Gasteiger partial charge is 0.168 e. The summed E-state index contributed by atoms with van der Waals surface area (Å²) >= 11 is 12.0. The maximum atomic E-state index is 6.27. The lowest BCUT2D eigenvalue weighted by molar-refractivity contribution is 1.10. The van der Waals surface area contributed by atoms with Crippen LogP contribution in [0.15, 0.2) is 24.3 Å². The van der Waals surface area contributed by atoms with E-state index in [9.17, 15) is 0 Å². The van der Waals surface area contributed by atoms with Crippen molar-refractivity contribution in [1.82, 2.24) is 0 Å². The fourth-order valence-corrected chi connectivity index (χ4v) is 2.64. The minimum atomic E-state index is -1.43. The highest BCUT2D eigenvalue weighted by Gasteiger charge is 2.16. The third-order valence-electron chi connectivity index (χ3n) is 2.15. The number of aryl methyl sites for hydroxylation is 1. The molecule has 1 rings (SSSR count). The molecule has 0 nitrogen and oxygen atoms in total. The molecule has 78 valence electrons. The monoisotopic (exact) mass is 246 g/mol. The first-order valence-electron chi connectivity index (χ1n) is 4.84. The SMILES string of the molecule is C[Si](C)(Cl)CCc1cccc(CCl)c1. The molecule has 0 aromatic heterocycles. The Bertz CT molecular complexity index is 292. The lowest BCUT2D eigenvalue weighted by Crippen LogP contribution is -2.16. The molecule has 0 amide bonds. The molecule has 0 aliphatic rings. The van der Waals surface area contributed by atoms with Gasteiger partial charge in [-0.3, -0.25) is 0 Å². The van der Waals surface area contributed by atoms with E-state index in [1.54, 1.807) is 0 Å². The maximum absolute atomic E-state index is 6.27. The zero-order chi connectivity index (χ0) is 10.6. The highest BCUT2D eigenvalue weighted by atomic mass is 35.6. The molecule has 0 aliphatic heterocycles. The number of benzene rings is 1. The minimum absolute atomic E-state index is 0.593. The summed E-state index contributed by atoms with van der Waals surface area (Å²) in [6.07, 6.45) is 1.08. The first kappa shape index (κ1) is 12.1. The Kier molecular flexibility index (Phi) is 4.49. The van der Waals surface area contributed by atoms with Crippen LogP contribution in [-0.2, 0) is 12.3 Å². The first-order valence-corrected chi connectivity index (χ1v) is 9.59. The Hall–Kier alpha value is 0.0169. The summed E-state index contributed by atoms with van der Waals surface area (Å²) in [7, 11) is -1.43. The van der Waals surface area contributed by atoms with Gasteiger partial charge in [0.05, 0.1) is 0 Å². The van der Waals surface area contributed by atoms with E-state index in [0.717, 1.165) is 12.5 Å². The van der Waals surface area contributed by atoms with E-state index in [0.29, 0.717) is 5.88 Å². The second-order valence-electron chi connectivity index (χ2n) is 4.17. The average molecular weight is 247 g/mol. The van der Waals surface area contributed by atoms with Gasteiger partial charge < -0.3 is 0 Å². The van der Waals surface area contributed by atoms with E-state index in [-0.39, 0.29) is 0 Å². The highest BCUT2D eigenvalue weighted by Crippen LogP contribution is 2.18. The fraction of sp³-hybridized carbons (Fsp3) is 0.455. The van der Waals surface area contributed by atoms with Crippen molar-refractivity contribution in [2.24, 2.45) is 0 Å². The number of hydrogen-bond acceptors (Lipinski definition) is 0. The molecule has 0 spiro atoms. The standard InChI is InChI=1S/C11H16Cl2Si/c1-14(2,13)7-6-10-4-3-5-11(8-10)9-12/h3-5,8H,6-7,9H2,1-2H3. The van der Waals surface area contributed by atoms with Crippen molar-refractivity contribution in [3.8, 4) is 0 Å². The quantitative estimate of drug-likeness (QED) is 0.420. The molecular formula is C11H16Cl2Si. The number of rotatable bonds is 4. The molecule has 0 fully saturated rings. The van der Waals surface area contributed by atoms with E-state index in [4.69, 9.17) is 22.7 Å². The van der Waals surface area contributed by atoms with Gasteiger partial charge in [0, 0.05) is 5.88 Å². The lowest BCUT2D eigenvalue weighted by Gasteiger charge is -2.12. The number of halogens is 2. The van der Waals surface area contributed by atoms with E-state index in [2.05, 4.69) is 37.4 Å². The van der Waals surface area contributed by atoms with E-state index >= 15 is 0 Å². The van der Waals surface area contributed by atoms with Crippen molar-refractivity contribution in [3.05, 3.63) is 35.4 Å². The van der Waals surface area contributed by atoms with Gasteiger partial charge in [0.25, 0.3) is 0 Å². The van der Waals surface area contributed by atoms with Crippen molar-refractivity contribution < 1.29 is 0 Å². The van der Waals surface area contributed by atoms with Crippen LogP contribution in [0.5, 0.6) is 0 Å². The van der Waals surface area contributed by atoms with Gasteiger partial charge in [-0.25, -0.2) is 0 Å². The number of hydrogen-bond donors (Lipinski definition) is 0. The van der Waals surface area contributed by atoms with Gasteiger partial charge in [-0.05, 0) is 23.6 Å². The Morgan fingerprint density at radius 1 is 1.21 bits per heavy atom. The molecule has 0 aliphatic carbocycles. The van der Waals surface area contributed by atoms with Gasteiger partial charge in [-0.15, -0.1) is 11.6 Å². The average Bonchev–Trinajstić information content (AvgIpc) is 2.14.